The van der Waals surface area contributed by atoms with E-state index in [2.05, 4.69) is 146 Å². The van der Waals surface area contributed by atoms with Crippen molar-refractivity contribution in [3.63, 3.8) is 0 Å². The molecule has 0 fully saturated rings. The zero-order valence-electron chi connectivity index (χ0n) is 25.8. The maximum absolute atomic E-state index is 6.63. The molecule has 0 amide bonds. The Hall–Kier alpha value is -6.38. The molecule has 11 aromatic rings. The molecule has 11 rings (SSSR count). The summed E-state index contributed by atoms with van der Waals surface area (Å²) in [5, 5.41) is 14.2. The summed E-state index contributed by atoms with van der Waals surface area (Å²) in [6.45, 7) is 0. The van der Waals surface area contributed by atoms with Crippen molar-refractivity contribution in [3.8, 4) is 22.3 Å². The fourth-order valence-electron chi connectivity index (χ4n) is 8.12. The van der Waals surface area contributed by atoms with E-state index in [0.717, 1.165) is 49.3 Å². The van der Waals surface area contributed by atoms with Gasteiger partial charge in [0.05, 0.1) is 0 Å². The van der Waals surface area contributed by atoms with Crippen LogP contribution in [0, 0.1) is 0 Å². The molecule has 2 heteroatoms. The minimum absolute atomic E-state index is 0.906. The largest absolute Gasteiger partial charge is 0.456 e. The van der Waals surface area contributed by atoms with Crippen LogP contribution in [0.5, 0.6) is 0 Å². The van der Waals surface area contributed by atoms with Crippen LogP contribution in [0.25, 0.3) is 109 Å². The zero-order valence-corrected chi connectivity index (χ0v) is 25.8. The van der Waals surface area contributed by atoms with Crippen LogP contribution in [0.2, 0.25) is 0 Å². The van der Waals surface area contributed by atoms with Gasteiger partial charge in [0.1, 0.15) is 22.3 Å². The lowest BCUT2D eigenvalue weighted by Gasteiger charge is -2.18. The molecule has 0 atom stereocenters. The Kier molecular flexibility index (Phi) is 5.14. The average Bonchev–Trinajstić information content (AvgIpc) is 3.71. The van der Waals surface area contributed by atoms with Gasteiger partial charge in [-0.25, -0.2) is 0 Å². The Balaban J connectivity index is 1.22. The van der Waals surface area contributed by atoms with Crippen LogP contribution in [0.4, 0.5) is 0 Å². The summed E-state index contributed by atoms with van der Waals surface area (Å²) in [6.07, 6.45) is 0. The molecular formula is C46H26O2. The van der Waals surface area contributed by atoms with Gasteiger partial charge in [0.2, 0.25) is 0 Å². The van der Waals surface area contributed by atoms with Crippen molar-refractivity contribution in [2.75, 3.05) is 0 Å². The quantitative estimate of drug-likeness (QED) is 0.182. The second-order valence-electron chi connectivity index (χ2n) is 12.8. The molecule has 0 aliphatic carbocycles. The van der Waals surface area contributed by atoms with Crippen molar-refractivity contribution in [1.29, 1.82) is 0 Å². The van der Waals surface area contributed by atoms with E-state index in [4.69, 9.17) is 8.83 Å². The summed E-state index contributed by atoms with van der Waals surface area (Å²) < 4.78 is 12.8. The lowest BCUT2D eigenvalue weighted by Crippen LogP contribution is -1.91. The minimum Gasteiger partial charge on any atom is -0.456 e. The molecule has 0 spiro atoms. The summed E-state index contributed by atoms with van der Waals surface area (Å²) in [5.74, 6) is 0. The molecule has 2 heterocycles. The monoisotopic (exact) mass is 610 g/mol. The van der Waals surface area contributed by atoms with Crippen molar-refractivity contribution in [2.24, 2.45) is 0 Å². The predicted octanol–water partition coefficient (Wildman–Crippen LogP) is 13.4. The van der Waals surface area contributed by atoms with Crippen LogP contribution in [0.15, 0.2) is 167 Å². The van der Waals surface area contributed by atoms with E-state index < -0.39 is 0 Å². The maximum Gasteiger partial charge on any atom is 0.143 e. The standard InChI is InChI=1S/C46H26O2/c1-2-11-31-27(10-1)22-23-38-45-37(17-9-19-41(45)48-46(31)38)44-35-15-5-3-13-33(35)43(34-14-4-6-16-36(34)44)29-21-20-28-26-42-39(25-30(28)24-29)32-12-7-8-18-40(32)47-42/h1-26H. The zero-order chi connectivity index (χ0) is 31.3. The summed E-state index contributed by atoms with van der Waals surface area (Å²) in [5.41, 5.74) is 8.56. The number of hydrogen-bond donors (Lipinski definition) is 0. The van der Waals surface area contributed by atoms with Gasteiger partial charge in [-0.3, -0.25) is 0 Å². The number of rotatable bonds is 2. The van der Waals surface area contributed by atoms with Gasteiger partial charge >= 0.3 is 0 Å². The Morgan fingerprint density at radius 3 is 1.75 bits per heavy atom. The van der Waals surface area contributed by atoms with Gasteiger partial charge < -0.3 is 8.83 Å². The van der Waals surface area contributed by atoms with E-state index in [9.17, 15) is 0 Å². The highest BCUT2D eigenvalue weighted by Gasteiger charge is 2.21. The third-order valence-corrected chi connectivity index (χ3v) is 10.2. The molecule has 48 heavy (non-hydrogen) atoms. The Morgan fingerprint density at radius 2 is 0.958 bits per heavy atom. The first kappa shape index (κ1) is 25.8. The van der Waals surface area contributed by atoms with E-state index in [1.807, 2.05) is 12.1 Å². The fourth-order valence-corrected chi connectivity index (χ4v) is 8.12. The molecule has 0 saturated heterocycles. The first-order chi connectivity index (χ1) is 23.8. The van der Waals surface area contributed by atoms with E-state index in [1.165, 1.54) is 60.0 Å². The molecule has 0 N–H and O–H groups in total. The Morgan fingerprint density at radius 1 is 0.312 bits per heavy atom. The van der Waals surface area contributed by atoms with Crippen molar-refractivity contribution in [1.82, 2.24) is 0 Å². The van der Waals surface area contributed by atoms with Crippen molar-refractivity contribution < 1.29 is 8.83 Å². The second-order valence-corrected chi connectivity index (χ2v) is 12.8. The topological polar surface area (TPSA) is 26.3 Å². The van der Waals surface area contributed by atoms with Gasteiger partial charge in [-0.15, -0.1) is 0 Å². The highest BCUT2D eigenvalue weighted by atomic mass is 16.3. The SMILES string of the molecule is c1ccc2c(c1)ccc1c2oc2cccc(-c3c4ccccc4c(-c4ccc5cc6oc7ccccc7c6cc5c4)c4ccccc34)c21. The van der Waals surface area contributed by atoms with Gasteiger partial charge in [-0.1, -0.05) is 121 Å². The van der Waals surface area contributed by atoms with Crippen LogP contribution in [0.3, 0.4) is 0 Å². The van der Waals surface area contributed by atoms with E-state index in [0.29, 0.717) is 0 Å². The van der Waals surface area contributed by atoms with Crippen molar-refractivity contribution in [3.05, 3.63) is 158 Å². The number of para-hydroxylation sites is 1. The lowest BCUT2D eigenvalue weighted by atomic mass is 9.84. The van der Waals surface area contributed by atoms with Gasteiger partial charge in [0, 0.05) is 26.9 Å². The average molecular weight is 611 g/mol. The van der Waals surface area contributed by atoms with Crippen molar-refractivity contribution >= 4 is 87.0 Å². The molecular weight excluding hydrogens is 585 g/mol. The number of furan rings is 2. The van der Waals surface area contributed by atoms with Gasteiger partial charge in [0.25, 0.3) is 0 Å². The number of benzene rings is 9. The number of hydrogen-bond acceptors (Lipinski definition) is 2. The normalized spacial score (nSPS) is 12.2. The first-order valence-electron chi connectivity index (χ1n) is 16.4. The number of fused-ring (bicyclic) bond motifs is 11. The summed E-state index contributed by atoms with van der Waals surface area (Å²) in [4.78, 5) is 0. The molecule has 0 aliphatic heterocycles. The highest BCUT2D eigenvalue weighted by Crippen LogP contribution is 2.48. The highest BCUT2D eigenvalue weighted by molar-refractivity contribution is 6.27. The maximum atomic E-state index is 6.63. The first-order valence-corrected chi connectivity index (χ1v) is 16.4. The molecule has 0 unspecified atom stereocenters. The summed E-state index contributed by atoms with van der Waals surface area (Å²) >= 11 is 0. The van der Waals surface area contributed by atoms with E-state index >= 15 is 0 Å². The molecule has 0 radical (unpaired) electrons. The van der Waals surface area contributed by atoms with Crippen molar-refractivity contribution in [2.45, 2.75) is 0 Å². The van der Waals surface area contributed by atoms with E-state index in [-0.39, 0.29) is 0 Å². The minimum atomic E-state index is 0.906. The lowest BCUT2D eigenvalue weighted by molar-refractivity contribution is 0.669. The molecule has 9 aromatic carbocycles. The van der Waals surface area contributed by atoms with Gasteiger partial charge in [-0.2, -0.15) is 0 Å². The molecule has 222 valence electrons. The molecule has 0 aliphatic rings. The smallest absolute Gasteiger partial charge is 0.143 e. The fraction of sp³-hybridized carbons (Fsp3) is 0. The van der Waals surface area contributed by atoms with E-state index in [1.54, 1.807) is 0 Å². The summed E-state index contributed by atoms with van der Waals surface area (Å²) in [6, 6.07) is 56.7. The third-order valence-electron chi connectivity index (χ3n) is 10.2. The predicted molar refractivity (Wildman–Crippen MR) is 202 cm³/mol. The Labute approximate surface area is 275 Å². The van der Waals surface area contributed by atoms with Crippen LogP contribution in [-0.2, 0) is 0 Å². The third kappa shape index (κ3) is 3.52. The Bertz CT molecular complexity index is 3060. The van der Waals surface area contributed by atoms with Gasteiger partial charge in [-0.05, 0) is 96.4 Å². The molecule has 2 nitrogen and oxygen atoms in total. The van der Waals surface area contributed by atoms with Crippen LogP contribution < -0.4 is 0 Å². The molecule has 2 aromatic heterocycles. The molecule has 0 saturated carbocycles. The van der Waals surface area contributed by atoms with Gasteiger partial charge in [0.15, 0.2) is 0 Å². The van der Waals surface area contributed by atoms with Crippen LogP contribution >= 0.6 is 0 Å². The van der Waals surface area contributed by atoms with Crippen LogP contribution in [0.1, 0.15) is 0 Å². The summed E-state index contributed by atoms with van der Waals surface area (Å²) in [7, 11) is 0. The van der Waals surface area contributed by atoms with Crippen LogP contribution in [-0.4, -0.2) is 0 Å². The molecule has 0 bridgehead atoms. The second kappa shape index (κ2) is 9.57.